The first-order valence-electron chi connectivity index (χ1n) is 9.76. The highest BCUT2D eigenvalue weighted by molar-refractivity contribution is 6.31. The third-order valence-corrected chi connectivity index (χ3v) is 5.48. The summed E-state index contributed by atoms with van der Waals surface area (Å²) in [7, 11) is 0. The van der Waals surface area contributed by atoms with Crippen LogP contribution in [-0.2, 0) is 0 Å². The number of hydrogen-bond acceptors (Lipinski definition) is 5. The number of aromatic nitrogens is 3. The molecule has 2 heterocycles. The lowest BCUT2D eigenvalue weighted by atomic mass is 9.96. The molecule has 3 aromatic rings. The van der Waals surface area contributed by atoms with Crippen molar-refractivity contribution >= 4 is 29.1 Å². The van der Waals surface area contributed by atoms with E-state index >= 15 is 0 Å². The fourth-order valence-electron chi connectivity index (χ4n) is 3.54. The third kappa shape index (κ3) is 4.60. The van der Waals surface area contributed by atoms with Gasteiger partial charge in [0.05, 0.1) is 5.69 Å². The van der Waals surface area contributed by atoms with Crippen LogP contribution < -0.4 is 10.6 Å². The average molecular weight is 394 g/mol. The van der Waals surface area contributed by atoms with Crippen molar-refractivity contribution in [3.05, 3.63) is 59.4 Å². The second-order valence-corrected chi connectivity index (χ2v) is 7.68. The molecule has 1 fully saturated rings. The number of nitrogens with one attached hydrogen (secondary N) is 2. The van der Waals surface area contributed by atoms with E-state index < -0.39 is 0 Å². The molecule has 0 aliphatic heterocycles. The number of hydrogen-bond donors (Lipinski definition) is 2. The molecule has 5 nitrogen and oxygen atoms in total. The Balaban J connectivity index is 1.65. The van der Waals surface area contributed by atoms with Gasteiger partial charge in [-0.25, -0.2) is 4.98 Å². The van der Waals surface area contributed by atoms with Crippen LogP contribution in [0.3, 0.4) is 0 Å². The van der Waals surface area contributed by atoms with Crippen LogP contribution in [-0.4, -0.2) is 21.0 Å². The summed E-state index contributed by atoms with van der Waals surface area (Å²) in [6.45, 7) is 1.99. The highest BCUT2D eigenvalue weighted by Crippen LogP contribution is 2.27. The summed E-state index contributed by atoms with van der Waals surface area (Å²) in [5, 5.41) is 7.68. The van der Waals surface area contributed by atoms with Crippen LogP contribution in [0.4, 0.5) is 17.5 Å². The van der Waals surface area contributed by atoms with Gasteiger partial charge >= 0.3 is 0 Å². The van der Waals surface area contributed by atoms with Gasteiger partial charge in [0.15, 0.2) is 0 Å². The zero-order valence-corrected chi connectivity index (χ0v) is 16.7. The highest BCUT2D eigenvalue weighted by Gasteiger charge is 2.15. The molecule has 0 atom stereocenters. The van der Waals surface area contributed by atoms with E-state index in [2.05, 4.69) is 15.6 Å². The van der Waals surface area contributed by atoms with Gasteiger partial charge in [0.2, 0.25) is 5.95 Å². The van der Waals surface area contributed by atoms with Gasteiger partial charge in [-0.05, 0) is 55.7 Å². The lowest BCUT2D eigenvalue weighted by Gasteiger charge is -2.23. The number of rotatable bonds is 5. The molecule has 4 rings (SSSR count). The molecular formula is C22H24ClN5. The van der Waals surface area contributed by atoms with Gasteiger partial charge < -0.3 is 10.6 Å². The third-order valence-electron chi connectivity index (χ3n) is 5.05. The zero-order chi connectivity index (χ0) is 19.3. The smallest absolute Gasteiger partial charge is 0.225 e. The van der Waals surface area contributed by atoms with E-state index in [1.54, 1.807) is 6.20 Å². The predicted octanol–water partition coefficient (Wildman–Crippen LogP) is 5.99. The maximum atomic E-state index is 6.15. The first-order valence-corrected chi connectivity index (χ1v) is 10.1. The first kappa shape index (κ1) is 18.7. The molecular weight excluding hydrogens is 370 g/mol. The standard InChI is InChI=1S/C22H24ClN5/c1-15-12-18(9-10-19(15)23)25-21-13-20(16-6-5-11-24-14-16)27-22(28-21)26-17-7-3-2-4-8-17/h5-6,9-14,17H,2-4,7-8H2,1H3,(H2,25,26,27,28). The molecule has 2 N–H and O–H groups in total. The lowest BCUT2D eigenvalue weighted by Crippen LogP contribution is -2.23. The minimum Gasteiger partial charge on any atom is -0.351 e. The van der Waals surface area contributed by atoms with Gasteiger partial charge in [0.1, 0.15) is 5.82 Å². The van der Waals surface area contributed by atoms with Crippen molar-refractivity contribution in [1.82, 2.24) is 15.0 Å². The molecule has 0 spiro atoms. The Bertz CT molecular complexity index is 939. The number of anilines is 3. The van der Waals surface area contributed by atoms with Crippen molar-refractivity contribution < 1.29 is 0 Å². The number of halogens is 1. The van der Waals surface area contributed by atoms with Crippen LogP contribution in [0.25, 0.3) is 11.3 Å². The predicted molar refractivity (Wildman–Crippen MR) is 115 cm³/mol. The van der Waals surface area contributed by atoms with Crippen LogP contribution in [0, 0.1) is 6.92 Å². The minimum absolute atomic E-state index is 0.434. The fraction of sp³-hybridized carbons (Fsp3) is 0.318. The van der Waals surface area contributed by atoms with Gasteiger partial charge in [-0.1, -0.05) is 30.9 Å². The van der Waals surface area contributed by atoms with E-state index in [9.17, 15) is 0 Å². The van der Waals surface area contributed by atoms with Crippen LogP contribution in [0.2, 0.25) is 5.02 Å². The van der Waals surface area contributed by atoms with Gasteiger partial charge in [-0.15, -0.1) is 0 Å². The van der Waals surface area contributed by atoms with E-state index in [1.807, 2.05) is 49.5 Å². The molecule has 1 aromatic carbocycles. The summed E-state index contributed by atoms with van der Waals surface area (Å²) in [5.74, 6) is 1.40. The number of benzene rings is 1. The van der Waals surface area contributed by atoms with Crippen molar-refractivity contribution in [2.75, 3.05) is 10.6 Å². The summed E-state index contributed by atoms with van der Waals surface area (Å²) in [5.41, 5.74) is 3.77. The Morgan fingerprint density at radius 3 is 2.64 bits per heavy atom. The van der Waals surface area contributed by atoms with Gasteiger partial charge in [0, 0.05) is 40.8 Å². The molecule has 6 heteroatoms. The Labute approximate surface area is 170 Å². The van der Waals surface area contributed by atoms with Crippen molar-refractivity contribution in [2.24, 2.45) is 0 Å². The summed E-state index contributed by atoms with van der Waals surface area (Å²) in [6, 6.07) is 12.2. The van der Waals surface area contributed by atoms with Crippen LogP contribution in [0.1, 0.15) is 37.7 Å². The molecule has 0 unspecified atom stereocenters. The molecule has 144 valence electrons. The monoisotopic (exact) mass is 393 g/mol. The van der Waals surface area contributed by atoms with Crippen LogP contribution in [0.5, 0.6) is 0 Å². The van der Waals surface area contributed by atoms with Crippen LogP contribution >= 0.6 is 11.6 Å². The lowest BCUT2D eigenvalue weighted by molar-refractivity contribution is 0.461. The van der Waals surface area contributed by atoms with Crippen molar-refractivity contribution in [1.29, 1.82) is 0 Å². The highest BCUT2D eigenvalue weighted by atomic mass is 35.5. The fourth-order valence-corrected chi connectivity index (χ4v) is 3.66. The zero-order valence-electron chi connectivity index (χ0n) is 16.0. The van der Waals surface area contributed by atoms with E-state index in [-0.39, 0.29) is 0 Å². The normalized spacial score (nSPS) is 14.6. The second-order valence-electron chi connectivity index (χ2n) is 7.27. The maximum absolute atomic E-state index is 6.15. The average Bonchev–Trinajstić information content (AvgIpc) is 2.72. The number of pyridine rings is 1. The Hall–Kier alpha value is -2.66. The minimum atomic E-state index is 0.434. The van der Waals surface area contributed by atoms with E-state index in [1.165, 1.54) is 32.1 Å². The Morgan fingerprint density at radius 1 is 1.04 bits per heavy atom. The largest absolute Gasteiger partial charge is 0.351 e. The van der Waals surface area contributed by atoms with Gasteiger partial charge in [-0.2, -0.15) is 4.98 Å². The van der Waals surface area contributed by atoms with Gasteiger partial charge in [-0.3, -0.25) is 4.98 Å². The summed E-state index contributed by atoms with van der Waals surface area (Å²) in [6.07, 6.45) is 9.76. The molecule has 1 aliphatic rings. The topological polar surface area (TPSA) is 62.7 Å². The molecule has 1 saturated carbocycles. The molecule has 28 heavy (non-hydrogen) atoms. The Kier molecular flexibility index (Phi) is 5.72. The van der Waals surface area contributed by atoms with E-state index in [4.69, 9.17) is 21.6 Å². The van der Waals surface area contributed by atoms with Crippen molar-refractivity contribution in [2.45, 2.75) is 45.1 Å². The quantitative estimate of drug-likeness (QED) is 0.557. The molecule has 0 saturated heterocycles. The molecule has 0 bridgehead atoms. The SMILES string of the molecule is Cc1cc(Nc2cc(-c3cccnc3)nc(NC3CCCCC3)n2)ccc1Cl. The molecule has 0 amide bonds. The van der Waals surface area contributed by atoms with E-state index in [0.29, 0.717) is 12.0 Å². The van der Waals surface area contributed by atoms with Crippen LogP contribution in [0.15, 0.2) is 48.8 Å². The number of nitrogens with zero attached hydrogens (tertiary/aromatic N) is 3. The van der Waals surface area contributed by atoms with Crippen molar-refractivity contribution in [3.63, 3.8) is 0 Å². The summed E-state index contributed by atoms with van der Waals surface area (Å²) >= 11 is 6.15. The Morgan fingerprint density at radius 2 is 1.89 bits per heavy atom. The van der Waals surface area contributed by atoms with E-state index in [0.717, 1.165) is 33.3 Å². The number of aryl methyl sites for hydroxylation is 1. The summed E-state index contributed by atoms with van der Waals surface area (Å²) in [4.78, 5) is 13.7. The van der Waals surface area contributed by atoms with Gasteiger partial charge in [0.25, 0.3) is 0 Å². The molecule has 0 radical (unpaired) electrons. The molecule has 2 aromatic heterocycles. The first-order chi connectivity index (χ1) is 13.7. The maximum Gasteiger partial charge on any atom is 0.225 e. The second kappa shape index (κ2) is 8.57. The summed E-state index contributed by atoms with van der Waals surface area (Å²) < 4.78 is 0. The van der Waals surface area contributed by atoms with Crippen molar-refractivity contribution in [3.8, 4) is 11.3 Å². The molecule has 1 aliphatic carbocycles.